The van der Waals surface area contributed by atoms with Gasteiger partial charge in [-0.15, -0.1) is 0 Å². The lowest BCUT2D eigenvalue weighted by atomic mass is 10.1. The van der Waals surface area contributed by atoms with Crippen LogP contribution in [0.3, 0.4) is 0 Å². The first-order chi connectivity index (χ1) is 15.4. The third-order valence-corrected chi connectivity index (χ3v) is 5.82. The van der Waals surface area contributed by atoms with E-state index in [0.29, 0.717) is 19.6 Å². The van der Waals surface area contributed by atoms with Crippen LogP contribution in [0, 0.1) is 5.92 Å². The molecule has 0 spiro atoms. The van der Waals surface area contributed by atoms with Crippen LogP contribution >= 0.6 is 0 Å². The standard InChI is InChI=1S/C24H40N4O4/c1-4-20-10-11-21(27-23(20)25-3)7-5-6-13-28(15-16-32-17-19-8-9-19)14-12-22(24(30)31)26-18(2)29/h10-11,19,22H,4-9,12-17H2,1-3H3,(H,25,27)(H,26,29)(H,30,31). The van der Waals surface area contributed by atoms with Crippen molar-refractivity contribution in [1.29, 1.82) is 0 Å². The Labute approximate surface area is 192 Å². The van der Waals surface area contributed by atoms with Crippen LogP contribution < -0.4 is 10.6 Å². The minimum Gasteiger partial charge on any atom is -0.480 e. The maximum absolute atomic E-state index is 11.4. The van der Waals surface area contributed by atoms with Gasteiger partial charge in [0.15, 0.2) is 0 Å². The second-order valence-corrected chi connectivity index (χ2v) is 8.61. The van der Waals surface area contributed by atoms with E-state index >= 15 is 0 Å². The van der Waals surface area contributed by atoms with Crippen molar-refractivity contribution in [2.24, 2.45) is 5.92 Å². The maximum atomic E-state index is 11.4. The Morgan fingerprint density at radius 2 is 2.03 bits per heavy atom. The van der Waals surface area contributed by atoms with Gasteiger partial charge in [-0.1, -0.05) is 13.0 Å². The fourth-order valence-corrected chi connectivity index (χ4v) is 3.69. The summed E-state index contributed by atoms with van der Waals surface area (Å²) in [7, 11) is 1.90. The number of pyridine rings is 1. The van der Waals surface area contributed by atoms with Crippen molar-refractivity contribution >= 4 is 17.7 Å². The lowest BCUT2D eigenvalue weighted by Crippen LogP contribution is -2.42. The van der Waals surface area contributed by atoms with E-state index in [9.17, 15) is 14.7 Å². The van der Waals surface area contributed by atoms with Crippen molar-refractivity contribution in [2.75, 3.05) is 45.2 Å². The third kappa shape index (κ3) is 9.96. The Hall–Kier alpha value is -2.19. The van der Waals surface area contributed by atoms with E-state index in [1.165, 1.54) is 25.3 Å². The first kappa shape index (κ1) is 26.1. The van der Waals surface area contributed by atoms with Gasteiger partial charge in [0.1, 0.15) is 11.9 Å². The molecule has 1 amide bonds. The van der Waals surface area contributed by atoms with Gasteiger partial charge in [0, 0.05) is 39.4 Å². The van der Waals surface area contributed by atoms with E-state index in [1.807, 2.05) is 7.05 Å². The number of amides is 1. The first-order valence-electron chi connectivity index (χ1n) is 11.9. The molecule has 8 heteroatoms. The Balaban J connectivity index is 1.80. The highest BCUT2D eigenvalue weighted by Gasteiger charge is 2.22. The van der Waals surface area contributed by atoms with Gasteiger partial charge >= 0.3 is 5.97 Å². The highest BCUT2D eigenvalue weighted by Crippen LogP contribution is 2.28. The fourth-order valence-electron chi connectivity index (χ4n) is 3.69. The summed E-state index contributed by atoms with van der Waals surface area (Å²) in [5, 5.41) is 15.1. The van der Waals surface area contributed by atoms with Crippen LogP contribution in [0.5, 0.6) is 0 Å². The number of rotatable bonds is 17. The van der Waals surface area contributed by atoms with E-state index in [4.69, 9.17) is 9.72 Å². The number of nitrogens with zero attached hydrogens (tertiary/aromatic N) is 2. The molecule has 180 valence electrons. The summed E-state index contributed by atoms with van der Waals surface area (Å²) >= 11 is 0. The second-order valence-electron chi connectivity index (χ2n) is 8.61. The van der Waals surface area contributed by atoms with Crippen molar-refractivity contribution in [3.63, 3.8) is 0 Å². The number of aliphatic carboxylic acids is 1. The quantitative estimate of drug-likeness (QED) is 0.315. The molecular weight excluding hydrogens is 408 g/mol. The summed E-state index contributed by atoms with van der Waals surface area (Å²) in [6.45, 7) is 7.20. The number of anilines is 1. The second kappa shape index (κ2) is 14.1. The molecule has 0 bridgehead atoms. The van der Waals surface area contributed by atoms with E-state index in [0.717, 1.165) is 62.8 Å². The molecule has 32 heavy (non-hydrogen) atoms. The number of carbonyl (C=O) groups excluding carboxylic acids is 1. The fraction of sp³-hybridized carbons (Fsp3) is 0.708. The summed E-state index contributed by atoms with van der Waals surface area (Å²) in [5.41, 5.74) is 2.31. The molecular formula is C24H40N4O4. The topological polar surface area (TPSA) is 104 Å². The molecule has 0 aliphatic heterocycles. The zero-order valence-electron chi connectivity index (χ0n) is 19.9. The molecule has 8 nitrogen and oxygen atoms in total. The minimum absolute atomic E-state index is 0.320. The zero-order valence-corrected chi connectivity index (χ0v) is 19.9. The van der Waals surface area contributed by atoms with Crippen LogP contribution in [0.2, 0.25) is 0 Å². The molecule has 1 aromatic heterocycles. The predicted octanol–water partition coefficient (Wildman–Crippen LogP) is 2.72. The molecule has 1 aromatic rings. The summed E-state index contributed by atoms with van der Waals surface area (Å²) in [5.74, 6) is 0.372. The van der Waals surface area contributed by atoms with Crippen molar-refractivity contribution in [2.45, 2.75) is 64.8 Å². The van der Waals surface area contributed by atoms with Gasteiger partial charge < -0.3 is 25.4 Å². The molecule has 1 aliphatic carbocycles. The minimum atomic E-state index is -0.993. The molecule has 1 aliphatic rings. The van der Waals surface area contributed by atoms with Crippen LogP contribution in [-0.2, 0) is 27.2 Å². The number of carbonyl (C=O) groups is 2. The van der Waals surface area contributed by atoms with E-state index in [2.05, 4.69) is 34.6 Å². The van der Waals surface area contributed by atoms with Crippen molar-refractivity contribution in [3.8, 4) is 0 Å². The van der Waals surface area contributed by atoms with E-state index < -0.39 is 12.0 Å². The van der Waals surface area contributed by atoms with Crippen molar-refractivity contribution in [3.05, 3.63) is 23.4 Å². The number of hydrogen-bond acceptors (Lipinski definition) is 6. The lowest BCUT2D eigenvalue weighted by molar-refractivity contribution is -0.141. The molecule has 0 radical (unpaired) electrons. The summed E-state index contributed by atoms with van der Waals surface area (Å²) in [4.78, 5) is 29.7. The predicted molar refractivity (Wildman–Crippen MR) is 126 cm³/mol. The van der Waals surface area contributed by atoms with Gasteiger partial charge in [0.2, 0.25) is 5.91 Å². The van der Waals surface area contributed by atoms with Gasteiger partial charge in [-0.3, -0.25) is 4.79 Å². The average Bonchev–Trinajstić information content (AvgIpc) is 3.60. The number of aryl methyl sites for hydroxylation is 2. The SMILES string of the molecule is CCc1ccc(CCCCN(CCOCC2CC2)CCC(NC(C)=O)C(=O)O)nc1NC. The number of unbranched alkanes of at least 4 members (excludes halogenated alkanes) is 1. The molecule has 1 atom stereocenters. The van der Waals surface area contributed by atoms with Crippen molar-refractivity contribution in [1.82, 2.24) is 15.2 Å². The highest BCUT2D eigenvalue weighted by molar-refractivity contribution is 5.82. The van der Waals surface area contributed by atoms with Crippen LogP contribution in [0.4, 0.5) is 5.82 Å². The maximum Gasteiger partial charge on any atom is 0.326 e. The Bertz CT molecular complexity index is 724. The van der Waals surface area contributed by atoms with Crippen LogP contribution in [-0.4, -0.2) is 72.8 Å². The van der Waals surface area contributed by atoms with Gasteiger partial charge in [0.25, 0.3) is 0 Å². The molecule has 0 aromatic carbocycles. The molecule has 1 saturated carbocycles. The first-order valence-corrected chi connectivity index (χ1v) is 11.9. The summed E-state index contributed by atoms with van der Waals surface area (Å²) < 4.78 is 5.79. The molecule has 3 N–H and O–H groups in total. The molecule has 1 heterocycles. The Kier molecular flexibility index (Phi) is 11.5. The number of hydrogen-bond donors (Lipinski definition) is 3. The Morgan fingerprint density at radius 1 is 1.25 bits per heavy atom. The number of carboxylic acid groups (broad SMARTS) is 1. The Morgan fingerprint density at radius 3 is 2.66 bits per heavy atom. The summed E-state index contributed by atoms with van der Waals surface area (Å²) in [6, 6.07) is 3.39. The van der Waals surface area contributed by atoms with Crippen LogP contribution in [0.25, 0.3) is 0 Å². The third-order valence-electron chi connectivity index (χ3n) is 5.82. The van der Waals surface area contributed by atoms with Crippen LogP contribution in [0.15, 0.2) is 12.1 Å². The monoisotopic (exact) mass is 448 g/mol. The van der Waals surface area contributed by atoms with Gasteiger partial charge in [-0.25, -0.2) is 9.78 Å². The number of carboxylic acids is 1. The zero-order chi connectivity index (χ0) is 23.3. The molecule has 1 unspecified atom stereocenters. The lowest BCUT2D eigenvalue weighted by Gasteiger charge is -2.24. The van der Waals surface area contributed by atoms with E-state index in [1.54, 1.807) is 0 Å². The molecule has 0 saturated heterocycles. The van der Waals surface area contributed by atoms with Crippen LogP contribution in [0.1, 0.15) is 57.2 Å². The largest absolute Gasteiger partial charge is 0.480 e. The number of ether oxygens (including phenoxy) is 1. The van der Waals surface area contributed by atoms with Gasteiger partial charge in [0.05, 0.1) is 6.61 Å². The summed E-state index contributed by atoms with van der Waals surface area (Å²) in [6.07, 6.45) is 6.78. The number of nitrogens with one attached hydrogen (secondary N) is 2. The highest BCUT2D eigenvalue weighted by atomic mass is 16.5. The molecule has 2 rings (SSSR count). The normalized spacial score (nSPS) is 14.4. The molecule has 1 fully saturated rings. The smallest absolute Gasteiger partial charge is 0.326 e. The number of aromatic nitrogens is 1. The van der Waals surface area contributed by atoms with E-state index in [-0.39, 0.29) is 5.91 Å². The average molecular weight is 449 g/mol. The van der Waals surface area contributed by atoms with Crippen molar-refractivity contribution < 1.29 is 19.4 Å². The van der Waals surface area contributed by atoms with Gasteiger partial charge in [-0.2, -0.15) is 0 Å². The van der Waals surface area contributed by atoms with Gasteiger partial charge in [-0.05, 0) is 69.0 Å².